The number of non-ortho nitro benzene ring substituents is 1. The Kier molecular flexibility index (Phi) is 5.46. The van der Waals surface area contributed by atoms with Crippen LogP contribution in [0.4, 0.5) is 10.7 Å². The third kappa shape index (κ3) is 3.83. The highest BCUT2D eigenvalue weighted by Gasteiger charge is 2.28. The quantitative estimate of drug-likeness (QED) is 0.329. The van der Waals surface area contributed by atoms with Crippen molar-refractivity contribution >= 4 is 34.2 Å². The van der Waals surface area contributed by atoms with Crippen LogP contribution in [0, 0.1) is 16.0 Å². The molecule has 0 aliphatic heterocycles. The molecule has 0 bridgehead atoms. The first kappa shape index (κ1) is 18.3. The van der Waals surface area contributed by atoms with Gasteiger partial charge >= 0.3 is 5.97 Å². The minimum Gasteiger partial charge on any atom is -0.462 e. The Morgan fingerprint density at radius 3 is 3.04 bits per heavy atom. The molecule has 7 heteroatoms. The molecular weight excluding hydrogens is 352 g/mol. The van der Waals surface area contributed by atoms with Gasteiger partial charge < -0.3 is 4.74 Å². The summed E-state index contributed by atoms with van der Waals surface area (Å²) in [5.74, 6) is 0.246. The standard InChI is InChI=1S/C19H20N2O4S/c1-3-25-19(22)17-15-8-7-12(2)9-16(15)26-18(17)20-11-13-5-4-6-14(10-13)21(23)24/h4-6,10-12H,3,7-9H2,1-2H3/t12-/m0/s1. The molecule has 0 N–H and O–H groups in total. The second-order valence-corrected chi connectivity index (χ2v) is 7.45. The Morgan fingerprint density at radius 2 is 2.31 bits per heavy atom. The Morgan fingerprint density at radius 1 is 1.50 bits per heavy atom. The molecule has 0 fully saturated rings. The Bertz CT molecular complexity index is 872. The highest BCUT2D eigenvalue weighted by atomic mass is 32.1. The summed E-state index contributed by atoms with van der Waals surface area (Å²) in [6.07, 6.45) is 4.41. The van der Waals surface area contributed by atoms with Gasteiger partial charge in [0.2, 0.25) is 0 Å². The number of thiophene rings is 1. The lowest BCUT2D eigenvalue weighted by Crippen LogP contribution is -2.13. The average Bonchev–Trinajstić information content (AvgIpc) is 2.97. The molecule has 2 aromatic rings. The number of benzene rings is 1. The zero-order valence-corrected chi connectivity index (χ0v) is 15.5. The maximum absolute atomic E-state index is 12.5. The first-order valence-corrected chi connectivity index (χ1v) is 9.41. The third-order valence-corrected chi connectivity index (χ3v) is 5.55. The van der Waals surface area contributed by atoms with E-state index in [1.807, 2.05) is 0 Å². The number of nitrogens with zero attached hydrogens (tertiary/aromatic N) is 2. The molecule has 0 unspecified atom stereocenters. The number of esters is 1. The molecule has 0 saturated carbocycles. The van der Waals surface area contributed by atoms with Gasteiger partial charge in [-0.3, -0.25) is 10.1 Å². The lowest BCUT2D eigenvalue weighted by molar-refractivity contribution is -0.384. The van der Waals surface area contributed by atoms with Gasteiger partial charge in [-0.2, -0.15) is 0 Å². The van der Waals surface area contributed by atoms with Crippen molar-refractivity contribution in [1.82, 2.24) is 0 Å². The Labute approximate surface area is 155 Å². The van der Waals surface area contributed by atoms with Crippen LogP contribution in [0.25, 0.3) is 0 Å². The van der Waals surface area contributed by atoms with Crippen LogP contribution in [0.3, 0.4) is 0 Å². The summed E-state index contributed by atoms with van der Waals surface area (Å²) in [4.78, 5) is 28.6. The molecule has 26 heavy (non-hydrogen) atoms. The molecule has 3 rings (SSSR count). The molecular formula is C19H20N2O4S. The molecule has 1 aromatic heterocycles. The summed E-state index contributed by atoms with van der Waals surface area (Å²) in [7, 11) is 0. The van der Waals surface area contributed by atoms with Crippen LogP contribution in [0.2, 0.25) is 0 Å². The highest BCUT2D eigenvalue weighted by molar-refractivity contribution is 7.16. The SMILES string of the molecule is CCOC(=O)c1c(N=Cc2cccc([N+](=O)[O-])c2)sc2c1CC[C@H](C)C2. The fourth-order valence-electron chi connectivity index (χ4n) is 3.09. The molecule has 0 saturated heterocycles. The monoisotopic (exact) mass is 372 g/mol. The van der Waals surface area contributed by atoms with E-state index in [4.69, 9.17) is 4.74 Å². The number of aliphatic imine (C=N–C) groups is 1. The van der Waals surface area contributed by atoms with Crippen molar-refractivity contribution in [3.05, 3.63) is 55.9 Å². The van der Waals surface area contributed by atoms with E-state index in [9.17, 15) is 14.9 Å². The van der Waals surface area contributed by atoms with E-state index < -0.39 is 4.92 Å². The van der Waals surface area contributed by atoms with E-state index in [1.165, 1.54) is 28.3 Å². The van der Waals surface area contributed by atoms with E-state index in [0.717, 1.165) is 24.8 Å². The summed E-state index contributed by atoms with van der Waals surface area (Å²) in [5.41, 5.74) is 2.24. The average molecular weight is 372 g/mol. The van der Waals surface area contributed by atoms with Crippen LogP contribution in [-0.4, -0.2) is 23.7 Å². The molecule has 1 atom stereocenters. The van der Waals surface area contributed by atoms with Crippen molar-refractivity contribution in [3.8, 4) is 0 Å². The van der Waals surface area contributed by atoms with E-state index in [1.54, 1.807) is 25.3 Å². The molecule has 1 aliphatic rings. The van der Waals surface area contributed by atoms with Crippen LogP contribution in [0.15, 0.2) is 29.3 Å². The number of carbonyl (C=O) groups excluding carboxylic acids is 1. The van der Waals surface area contributed by atoms with Gasteiger partial charge in [-0.05, 0) is 43.2 Å². The molecule has 0 spiro atoms. The van der Waals surface area contributed by atoms with E-state index in [-0.39, 0.29) is 11.7 Å². The number of nitro groups is 1. The topological polar surface area (TPSA) is 81.8 Å². The second-order valence-electron chi connectivity index (χ2n) is 6.36. The highest BCUT2D eigenvalue weighted by Crippen LogP contribution is 2.41. The van der Waals surface area contributed by atoms with Crippen molar-refractivity contribution in [1.29, 1.82) is 0 Å². The molecule has 0 amide bonds. The Hall–Kier alpha value is -2.54. The van der Waals surface area contributed by atoms with E-state index in [2.05, 4.69) is 11.9 Å². The number of hydrogen-bond donors (Lipinski definition) is 0. The largest absolute Gasteiger partial charge is 0.462 e. The minimum absolute atomic E-state index is 0.0128. The maximum atomic E-state index is 12.5. The molecule has 1 aromatic carbocycles. The molecule has 6 nitrogen and oxygen atoms in total. The Balaban J connectivity index is 1.97. The van der Waals surface area contributed by atoms with Crippen LogP contribution >= 0.6 is 11.3 Å². The summed E-state index contributed by atoms with van der Waals surface area (Å²) in [6, 6.07) is 6.26. The van der Waals surface area contributed by atoms with Crippen molar-refractivity contribution in [2.45, 2.75) is 33.1 Å². The maximum Gasteiger partial charge on any atom is 0.341 e. The number of hydrogen-bond acceptors (Lipinski definition) is 6. The zero-order valence-electron chi connectivity index (χ0n) is 14.7. The number of carbonyl (C=O) groups is 1. The van der Waals surface area contributed by atoms with Crippen LogP contribution in [0.1, 0.15) is 46.6 Å². The lowest BCUT2D eigenvalue weighted by atomic mass is 9.88. The smallest absolute Gasteiger partial charge is 0.341 e. The minimum atomic E-state index is -0.438. The lowest BCUT2D eigenvalue weighted by Gasteiger charge is -2.18. The number of nitro benzene ring substituents is 1. The summed E-state index contributed by atoms with van der Waals surface area (Å²) in [6.45, 7) is 4.30. The van der Waals surface area contributed by atoms with E-state index >= 15 is 0 Å². The van der Waals surface area contributed by atoms with Crippen LogP contribution in [-0.2, 0) is 17.6 Å². The molecule has 136 valence electrons. The van der Waals surface area contributed by atoms with Gasteiger partial charge in [0.25, 0.3) is 5.69 Å². The number of ether oxygens (including phenoxy) is 1. The van der Waals surface area contributed by atoms with Crippen molar-refractivity contribution in [2.24, 2.45) is 10.9 Å². The zero-order chi connectivity index (χ0) is 18.7. The normalized spacial score (nSPS) is 16.5. The van der Waals surface area contributed by atoms with Gasteiger partial charge in [0.1, 0.15) is 5.00 Å². The van der Waals surface area contributed by atoms with Crippen LogP contribution < -0.4 is 0 Å². The summed E-state index contributed by atoms with van der Waals surface area (Å²) in [5, 5.41) is 11.5. The first-order valence-electron chi connectivity index (χ1n) is 8.59. The van der Waals surface area contributed by atoms with Gasteiger partial charge in [-0.15, -0.1) is 11.3 Å². The fraction of sp³-hybridized carbons (Fsp3) is 0.368. The molecule has 0 radical (unpaired) electrons. The second kappa shape index (κ2) is 7.78. The fourth-order valence-corrected chi connectivity index (χ4v) is 4.44. The van der Waals surface area contributed by atoms with Gasteiger partial charge in [-0.1, -0.05) is 19.1 Å². The van der Waals surface area contributed by atoms with Crippen molar-refractivity contribution in [3.63, 3.8) is 0 Å². The van der Waals surface area contributed by atoms with Crippen molar-refractivity contribution in [2.75, 3.05) is 6.61 Å². The number of fused-ring (bicyclic) bond motifs is 1. The first-order chi connectivity index (χ1) is 12.5. The summed E-state index contributed by atoms with van der Waals surface area (Å²) >= 11 is 1.52. The summed E-state index contributed by atoms with van der Waals surface area (Å²) < 4.78 is 5.23. The number of rotatable bonds is 5. The van der Waals surface area contributed by atoms with E-state index in [0.29, 0.717) is 28.7 Å². The van der Waals surface area contributed by atoms with Gasteiger partial charge in [0.15, 0.2) is 0 Å². The predicted octanol–water partition coefficient (Wildman–Crippen LogP) is 4.71. The van der Waals surface area contributed by atoms with Crippen LogP contribution in [0.5, 0.6) is 0 Å². The predicted molar refractivity (Wildman–Crippen MR) is 102 cm³/mol. The van der Waals surface area contributed by atoms with Gasteiger partial charge in [-0.25, -0.2) is 9.79 Å². The third-order valence-electron chi connectivity index (χ3n) is 4.38. The van der Waals surface area contributed by atoms with Gasteiger partial charge in [0.05, 0.1) is 17.1 Å². The molecule has 1 heterocycles. The molecule has 1 aliphatic carbocycles. The van der Waals surface area contributed by atoms with Crippen molar-refractivity contribution < 1.29 is 14.5 Å². The van der Waals surface area contributed by atoms with Gasteiger partial charge in [0, 0.05) is 23.2 Å².